The second kappa shape index (κ2) is 8.66. The molecule has 0 aliphatic carbocycles. The summed E-state index contributed by atoms with van der Waals surface area (Å²) < 4.78 is 22.3. The Balaban J connectivity index is 1.43. The minimum atomic E-state index is -0.912. The van der Waals surface area contributed by atoms with Crippen molar-refractivity contribution in [2.24, 2.45) is 7.05 Å². The van der Waals surface area contributed by atoms with Crippen molar-refractivity contribution in [3.63, 3.8) is 0 Å². The molecule has 9 heteroatoms. The minimum absolute atomic E-state index is 0.123. The molecule has 0 fully saturated rings. The number of rotatable bonds is 4. The topological polar surface area (TPSA) is 89.6 Å². The second-order valence-corrected chi connectivity index (χ2v) is 8.32. The maximum Gasteiger partial charge on any atom is 0.407 e. The number of halogens is 1. The van der Waals surface area contributed by atoms with E-state index in [1.807, 2.05) is 25.2 Å². The molecule has 3 aromatic heterocycles. The second-order valence-electron chi connectivity index (χ2n) is 8.32. The van der Waals surface area contributed by atoms with Gasteiger partial charge in [-0.3, -0.25) is 14.3 Å². The molecule has 1 aliphatic heterocycles. The number of aryl methyl sites for hydroxylation is 1. The van der Waals surface area contributed by atoms with E-state index in [0.29, 0.717) is 30.2 Å². The summed E-state index contributed by atoms with van der Waals surface area (Å²) in [6.45, 7) is 0.999. The fraction of sp³-hybridized carbons (Fsp3) is 0.240. The quantitative estimate of drug-likeness (QED) is 0.497. The van der Waals surface area contributed by atoms with E-state index >= 15 is 0 Å². The van der Waals surface area contributed by atoms with Crippen molar-refractivity contribution in [1.82, 2.24) is 19.0 Å². The van der Waals surface area contributed by atoms with Gasteiger partial charge in [-0.25, -0.2) is 9.18 Å². The molecule has 1 amide bonds. The third-order valence-electron chi connectivity index (χ3n) is 6.23. The lowest BCUT2D eigenvalue weighted by atomic mass is 10.1. The highest BCUT2D eigenvalue weighted by atomic mass is 19.1. The highest BCUT2D eigenvalue weighted by molar-refractivity contribution is 5.87. The molecule has 5 rings (SSSR count). The highest BCUT2D eigenvalue weighted by Gasteiger charge is 2.23. The van der Waals surface area contributed by atoms with Gasteiger partial charge < -0.3 is 19.3 Å². The lowest BCUT2D eigenvalue weighted by Gasteiger charge is -2.16. The number of carboxylic acid groups (broad SMARTS) is 1. The summed E-state index contributed by atoms with van der Waals surface area (Å²) in [5.41, 5.74) is 4.10. The number of hydrogen-bond donors (Lipinski definition) is 1. The lowest BCUT2D eigenvalue weighted by molar-refractivity contribution is 0.143. The number of hydrogen-bond acceptors (Lipinski definition) is 4. The van der Waals surface area contributed by atoms with E-state index in [-0.39, 0.29) is 12.2 Å². The van der Waals surface area contributed by atoms with Gasteiger partial charge in [0.1, 0.15) is 18.2 Å². The molecule has 0 unspecified atom stereocenters. The molecular weight excluding hydrogens is 439 g/mol. The Bertz CT molecular complexity index is 1440. The van der Waals surface area contributed by atoms with Crippen LogP contribution in [0.2, 0.25) is 0 Å². The molecule has 0 atom stereocenters. The average Bonchev–Trinajstić information content (AvgIpc) is 2.97. The van der Waals surface area contributed by atoms with Gasteiger partial charge in [0.05, 0.1) is 29.6 Å². The monoisotopic (exact) mass is 462 g/mol. The van der Waals surface area contributed by atoms with Gasteiger partial charge in [-0.1, -0.05) is 6.07 Å². The van der Waals surface area contributed by atoms with Gasteiger partial charge in [0.25, 0.3) is 5.56 Å². The molecule has 4 heterocycles. The number of amides is 1. The summed E-state index contributed by atoms with van der Waals surface area (Å²) in [5.74, 6) is -0.0232. The number of benzene rings is 1. The molecule has 0 saturated carbocycles. The van der Waals surface area contributed by atoms with Crippen molar-refractivity contribution in [3.05, 3.63) is 88.0 Å². The highest BCUT2D eigenvalue weighted by Crippen LogP contribution is 2.31. The van der Waals surface area contributed by atoms with E-state index in [1.54, 1.807) is 12.3 Å². The summed E-state index contributed by atoms with van der Waals surface area (Å²) >= 11 is 0. The number of pyridine rings is 2. The van der Waals surface area contributed by atoms with Crippen LogP contribution in [0.15, 0.2) is 59.7 Å². The molecule has 34 heavy (non-hydrogen) atoms. The summed E-state index contributed by atoms with van der Waals surface area (Å²) in [6, 6.07) is 11.7. The zero-order chi connectivity index (χ0) is 23.8. The largest absolute Gasteiger partial charge is 0.487 e. The van der Waals surface area contributed by atoms with Gasteiger partial charge in [-0.2, -0.15) is 0 Å². The minimum Gasteiger partial charge on any atom is -0.487 e. The Hall–Kier alpha value is -4.14. The third-order valence-corrected chi connectivity index (χ3v) is 6.23. The Kier molecular flexibility index (Phi) is 5.53. The van der Waals surface area contributed by atoms with Gasteiger partial charge in [0, 0.05) is 42.5 Å². The van der Waals surface area contributed by atoms with Crippen molar-refractivity contribution >= 4 is 17.0 Å². The van der Waals surface area contributed by atoms with E-state index in [4.69, 9.17) is 4.74 Å². The molecule has 0 spiro atoms. The Morgan fingerprint density at radius 1 is 1.21 bits per heavy atom. The van der Waals surface area contributed by atoms with E-state index < -0.39 is 11.9 Å². The first-order chi connectivity index (χ1) is 16.4. The van der Waals surface area contributed by atoms with Crippen molar-refractivity contribution in [1.29, 1.82) is 0 Å². The summed E-state index contributed by atoms with van der Waals surface area (Å²) in [4.78, 5) is 29.8. The predicted octanol–water partition coefficient (Wildman–Crippen LogP) is 3.87. The number of fused-ring (bicyclic) bond motifs is 3. The van der Waals surface area contributed by atoms with Crippen LogP contribution in [0, 0.1) is 5.82 Å². The fourth-order valence-corrected chi connectivity index (χ4v) is 4.48. The van der Waals surface area contributed by atoms with Crippen LogP contribution in [0.25, 0.3) is 16.6 Å². The molecule has 0 saturated heterocycles. The van der Waals surface area contributed by atoms with Crippen LogP contribution in [-0.4, -0.2) is 36.8 Å². The maximum absolute atomic E-state index is 13.0. The first-order valence-corrected chi connectivity index (χ1v) is 10.9. The van der Waals surface area contributed by atoms with E-state index in [2.05, 4.69) is 9.55 Å². The van der Waals surface area contributed by atoms with Crippen LogP contribution in [-0.2, 0) is 26.6 Å². The molecule has 1 aromatic carbocycles. The van der Waals surface area contributed by atoms with Crippen molar-refractivity contribution in [2.45, 2.75) is 26.0 Å². The van der Waals surface area contributed by atoms with Crippen LogP contribution in [0.3, 0.4) is 0 Å². The van der Waals surface area contributed by atoms with Gasteiger partial charge in [-0.15, -0.1) is 0 Å². The van der Waals surface area contributed by atoms with Gasteiger partial charge in [-0.05, 0) is 43.2 Å². The van der Waals surface area contributed by atoms with E-state index in [9.17, 15) is 19.1 Å². The molecule has 174 valence electrons. The molecule has 1 N–H and O–H groups in total. The molecule has 0 bridgehead atoms. The molecule has 4 aromatic rings. The van der Waals surface area contributed by atoms with Crippen LogP contribution in [0.1, 0.15) is 23.4 Å². The predicted molar refractivity (Wildman–Crippen MR) is 124 cm³/mol. The van der Waals surface area contributed by atoms with Crippen LogP contribution >= 0.6 is 0 Å². The Morgan fingerprint density at radius 3 is 2.79 bits per heavy atom. The van der Waals surface area contributed by atoms with Crippen LogP contribution in [0.5, 0.6) is 5.75 Å². The standard InChI is InChI=1S/C25H23FN4O4/c1-28-22-3-2-9-29(25(32)33)14-21(22)20-7-6-18(11-23(20)28)30-10-8-19(12-24(30)31)34-15-17-5-4-16(26)13-27-17/h4-8,10-13H,2-3,9,14-15H2,1H3,(H,32,33). The molecule has 1 aliphatic rings. The summed E-state index contributed by atoms with van der Waals surface area (Å²) in [6.07, 6.45) is 3.43. The average molecular weight is 462 g/mol. The molecular formula is C25H23FN4O4. The van der Waals surface area contributed by atoms with E-state index in [1.165, 1.54) is 27.7 Å². The van der Waals surface area contributed by atoms with Crippen molar-refractivity contribution < 1.29 is 19.0 Å². The third kappa shape index (κ3) is 4.00. The fourth-order valence-electron chi connectivity index (χ4n) is 4.48. The zero-order valence-corrected chi connectivity index (χ0v) is 18.6. The van der Waals surface area contributed by atoms with Gasteiger partial charge >= 0.3 is 6.09 Å². The normalized spacial score (nSPS) is 13.5. The van der Waals surface area contributed by atoms with Crippen molar-refractivity contribution in [3.8, 4) is 11.4 Å². The van der Waals surface area contributed by atoms with Crippen LogP contribution < -0.4 is 10.3 Å². The smallest absolute Gasteiger partial charge is 0.407 e. The first-order valence-electron chi connectivity index (χ1n) is 10.9. The lowest BCUT2D eigenvalue weighted by Crippen LogP contribution is -2.28. The SMILES string of the molecule is Cn1c2c(c3ccc(-n4ccc(OCc5ccc(F)cn5)cc4=O)cc31)CN(C(=O)O)CCC2. The molecule has 8 nitrogen and oxygen atoms in total. The Morgan fingerprint density at radius 2 is 2.06 bits per heavy atom. The number of ether oxygens (including phenoxy) is 1. The summed E-state index contributed by atoms with van der Waals surface area (Å²) in [5, 5.41) is 10.5. The Labute approximate surface area is 194 Å². The van der Waals surface area contributed by atoms with Gasteiger partial charge in [0.15, 0.2) is 0 Å². The van der Waals surface area contributed by atoms with E-state index in [0.717, 1.165) is 41.2 Å². The van der Waals surface area contributed by atoms with Crippen molar-refractivity contribution in [2.75, 3.05) is 6.54 Å². The number of aromatic nitrogens is 3. The zero-order valence-electron chi connectivity index (χ0n) is 18.6. The molecule has 0 radical (unpaired) electrons. The van der Waals surface area contributed by atoms with Gasteiger partial charge in [0.2, 0.25) is 0 Å². The number of carbonyl (C=O) groups is 1. The summed E-state index contributed by atoms with van der Waals surface area (Å²) in [7, 11) is 1.98. The first kappa shape index (κ1) is 21.7. The maximum atomic E-state index is 13.0. The number of nitrogens with zero attached hydrogens (tertiary/aromatic N) is 4. The van der Waals surface area contributed by atoms with Crippen LogP contribution in [0.4, 0.5) is 9.18 Å².